The molecule has 0 aliphatic rings. The van der Waals surface area contributed by atoms with E-state index in [-0.39, 0.29) is 17.1 Å². The Labute approximate surface area is 126 Å². The minimum atomic E-state index is 0. The zero-order valence-electron chi connectivity index (χ0n) is 10.8. The van der Waals surface area contributed by atoms with Gasteiger partial charge in [0.05, 0.1) is 0 Å². The fourth-order valence-electron chi connectivity index (χ4n) is 1.23. The van der Waals surface area contributed by atoms with Gasteiger partial charge in [0.1, 0.15) is 0 Å². The third-order valence-electron chi connectivity index (χ3n) is 2.15. The Morgan fingerprint density at radius 1 is 0.684 bits per heavy atom. The second kappa shape index (κ2) is 12.6. The zero-order valence-corrected chi connectivity index (χ0v) is 11.9. The Balaban J connectivity index is 0.000000259. The SMILES string of the molecule is C=Cc1ccccc1.[Fe+2].c1cc[cH-]c1.c1cc[cH-]c1. The normalized spacial score (nSPS) is 7.79. The van der Waals surface area contributed by atoms with E-state index in [1.807, 2.05) is 97.1 Å². The number of benzene rings is 1. The Morgan fingerprint density at radius 3 is 1.32 bits per heavy atom. The number of hydrogen-bond donors (Lipinski definition) is 0. The van der Waals surface area contributed by atoms with Gasteiger partial charge in [-0.15, -0.1) is 0 Å². The van der Waals surface area contributed by atoms with Crippen LogP contribution in [0.25, 0.3) is 6.08 Å². The van der Waals surface area contributed by atoms with Crippen LogP contribution < -0.4 is 0 Å². The molecule has 0 amide bonds. The van der Waals surface area contributed by atoms with Crippen molar-refractivity contribution in [1.82, 2.24) is 0 Å². The summed E-state index contributed by atoms with van der Waals surface area (Å²) in [6, 6.07) is 30.0. The van der Waals surface area contributed by atoms with Crippen LogP contribution in [-0.2, 0) is 17.1 Å². The average molecular weight is 290 g/mol. The first-order valence-electron chi connectivity index (χ1n) is 5.94. The van der Waals surface area contributed by atoms with Crippen molar-refractivity contribution in [2.24, 2.45) is 0 Å². The summed E-state index contributed by atoms with van der Waals surface area (Å²) in [5.74, 6) is 0. The first kappa shape index (κ1) is 17.2. The van der Waals surface area contributed by atoms with Crippen LogP contribution in [0, 0.1) is 0 Å². The molecule has 0 N–H and O–H groups in total. The van der Waals surface area contributed by atoms with E-state index < -0.39 is 0 Å². The average Bonchev–Trinajstić information content (AvgIpc) is 3.17. The first-order chi connectivity index (χ1) is 8.93. The van der Waals surface area contributed by atoms with Gasteiger partial charge in [0.25, 0.3) is 0 Å². The maximum absolute atomic E-state index is 3.63. The van der Waals surface area contributed by atoms with Crippen molar-refractivity contribution in [2.45, 2.75) is 0 Å². The van der Waals surface area contributed by atoms with E-state index in [0.717, 1.165) is 0 Å². The molecule has 0 radical (unpaired) electrons. The van der Waals surface area contributed by atoms with Crippen molar-refractivity contribution in [2.75, 3.05) is 0 Å². The van der Waals surface area contributed by atoms with E-state index in [0.29, 0.717) is 0 Å². The van der Waals surface area contributed by atoms with Gasteiger partial charge in [0.15, 0.2) is 0 Å². The van der Waals surface area contributed by atoms with Crippen LogP contribution in [0.2, 0.25) is 0 Å². The van der Waals surface area contributed by atoms with Crippen molar-refractivity contribution < 1.29 is 17.1 Å². The van der Waals surface area contributed by atoms with Crippen LogP contribution in [0.4, 0.5) is 0 Å². The number of hydrogen-bond acceptors (Lipinski definition) is 0. The van der Waals surface area contributed by atoms with Gasteiger partial charge in [-0.05, 0) is 5.56 Å². The molecule has 0 nitrogen and oxygen atoms in total. The quantitative estimate of drug-likeness (QED) is 0.430. The van der Waals surface area contributed by atoms with Crippen LogP contribution in [0.3, 0.4) is 0 Å². The molecule has 0 bridgehead atoms. The van der Waals surface area contributed by atoms with Gasteiger partial charge >= 0.3 is 17.1 Å². The van der Waals surface area contributed by atoms with Crippen LogP contribution in [0.1, 0.15) is 5.56 Å². The molecular formula is C18H18Fe. The smallest absolute Gasteiger partial charge is 0.214 e. The minimum absolute atomic E-state index is 0. The number of rotatable bonds is 1. The maximum atomic E-state index is 3.63. The molecule has 0 aromatic heterocycles. The molecule has 3 aromatic carbocycles. The predicted molar refractivity (Wildman–Crippen MR) is 80.6 cm³/mol. The predicted octanol–water partition coefficient (Wildman–Crippen LogP) is 5.14. The van der Waals surface area contributed by atoms with Crippen molar-refractivity contribution in [1.29, 1.82) is 0 Å². The van der Waals surface area contributed by atoms with Crippen LogP contribution >= 0.6 is 0 Å². The molecule has 0 unspecified atom stereocenters. The molecule has 0 fully saturated rings. The second-order valence-electron chi connectivity index (χ2n) is 3.54. The summed E-state index contributed by atoms with van der Waals surface area (Å²) in [5, 5.41) is 0. The van der Waals surface area contributed by atoms with Crippen LogP contribution in [0.15, 0.2) is 97.6 Å². The summed E-state index contributed by atoms with van der Waals surface area (Å²) < 4.78 is 0. The molecule has 3 rings (SSSR count). The van der Waals surface area contributed by atoms with E-state index in [4.69, 9.17) is 0 Å². The van der Waals surface area contributed by atoms with E-state index in [1.165, 1.54) is 5.56 Å². The summed E-state index contributed by atoms with van der Waals surface area (Å²) in [7, 11) is 0. The molecular weight excluding hydrogens is 272 g/mol. The molecule has 98 valence electrons. The molecule has 0 atom stereocenters. The summed E-state index contributed by atoms with van der Waals surface area (Å²) in [5.41, 5.74) is 1.17. The Morgan fingerprint density at radius 2 is 1.11 bits per heavy atom. The van der Waals surface area contributed by atoms with Crippen molar-refractivity contribution >= 4 is 6.08 Å². The van der Waals surface area contributed by atoms with Crippen molar-refractivity contribution in [3.8, 4) is 0 Å². The molecule has 19 heavy (non-hydrogen) atoms. The summed E-state index contributed by atoms with van der Waals surface area (Å²) in [4.78, 5) is 0. The molecule has 0 saturated heterocycles. The Hall–Kier alpha value is -1.82. The van der Waals surface area contributed by atoms with Crippen molar-refractivity contribution in [3.05, 3.63) is 103 Å². The molecule has 0 saturated carbocycles. The molecule has 3 aromatic rings. The third kappa shape index (κ3) is 9.84. The Bertz CT molecular complexity index is 403. The molecule has 0 aliphatic heterocycles. The van der Waals surface area contributed by atoms with E-state index in [2.05, 4.69) is 6.58 Å². The zero-order chi connectivity index (χ0) is 12.9. The van der Waals surface area contributed by atoms with Crippen molar-refractivity contribution in [3.63, 3.8) is 0 Å². The molecule has 0 spiro atoms. The minimum Gasteiger partial charge on any atom is -0.214 e. The fourth-order valence-corrected chi connectivity index (χ4v) is 1.23. The van der Waals surface area contributed by atoms with Gasteiger partial charge in [-0.25, -0.2) is 24.3 Å². The second-order valence-corrected chi connectivity index (χ2v) is 3.54. The van der Waals surface area contributed by atoms with E-state index >= 15 is 0 Å². The maximum Gasteiger partial charge on any atom is 2.00 e. The Kier molecular flexibility index (Phi) is 11.4. The summed E-state index contributed by atoms with van der Waals surface area (Å²) >= 11 is 0. The van der Waals surface area contributed by atoms with Crippen LogP contribution in [0.5, 0.6) is 0 Å². The van der Waals surface area contributed by atoms with Gasteiger partial charge in [-0.2, -0.15) is 36.4 Å². The topological polar surface area (TPSA) is 0 Å². The summed E-state index contributed by atoms with van der Waals surface area (Å²) in [6.07, 6.45) is 1.83. The fraction of sp³-hybridized carbons (Fsp3) is 0. The third-order valence-corrected chi connectivity index (χ3v) is 2.15. The van der Waals surface area contributed by atoms with Gasteiger partial charge in [0.2, 0.25) is 0 Å². The monoisotopic (exact) mass is 290 g/mol. The van der Waals surface area contributed by atoms with Gasteiger partial charge in [-0.1, -0.05) is 43.0 Å². The van der Waals surface area contributed by atoms with Crippen LogP contribution in [-0.4, -0.2) is 0 Å². The van der Waals surface area contributed by atoms with Gasteiger partial charge < -0.3 is 0 Å². The van der Waals surface area contributed by atoms with Gasteiger partial charge in [-0.3, -0.25) is 0 Å². The molecule has 0 aliphatic carbocycles. The standard InChI is InChI=1S/C8H8.2C5H5.Fe/c1-2-8-6-4-3-5-7-8;2*1-2-4-5-3-1;/h2-7H,1H2;2*1-5H;/q;2*-1;+2. The van der Waals surface area contributed by atoms with E-state index in [1.54, 1.807) is 0 Å². The molecule has 0 heterocycles. The van der Waals surface area contributed by atoms with Gasteiger partial charge in [0, 0.05) is 0 Å². The molecule has 1 heteroatoms. The largest absolute Gasteiger partial charge is 2.00 e. The summed E-state index contributed by atoms with van der Waals surface area (Å²) in [6.45, 7) is 3.63. The van der Waals surface area contributed by atoms with E-state index in [9.17, 15) is 0 Å². The first-order valence-corrected chi connectivity index (χ1v) is 5.94.